The molecular formula is C16H18N2O2S. The lowest BCUT2D eigenvalue weighted by molar-refractivity contribution is -0.134. The quantitative estimate of drug-likeness (QED) is 0.823. The van der Waals surface area contributed by atoms with Crippen molar-refractivity contribution in [2.24, 2.45) is 0 Å². The number of amides is 2. The van der Waals surface area contributed by atoms with Crippen molar-refractivity contribution in [1.29, 1.82) is 0 Å². The molecule has 0 bridgehead atoms. The van der Waals surface area contributed by atoms with Gasteiger partial charge in [0.05, 0.1) is 16.1 Å². The number of imide groups is 1. The van der Waals surface area contributed by atoms with E-state index in [-0.39, 0.29) is 23.1 Å². The van der Waals surface area contributed by atoms with Crippen molar-refractivity contribution in [3.63, 3.8) is 0 Å². The van der Waals surface area contributed by atoms with E-state index in [1.807, 2.05) is 12.1 Å². The SMILES string of the molecule is CC(C)(C)c1cccc2sc(C3CCC(=O)NC3=O)nc12. The summed E-state index contributed by atoms with van der Waals surface area (Å²) in [5, 5.41) is 3.22. The Labute approximate surface area is 127 Å². The van der Waals surface area contributed by atoms with Crippen molar-refractivity contribution in [3.8, 4) is 0 Å². The average Bonchev–Trinajstić information content (AvgIpc) is 2.80. The summed E-state index contributed by atoms with van der Waals surface area (Å²) in [6.07, 6.45) is 0.938. The lowest BCUT2D eigenvalue weighted by Gasteiger charge is -2.19. The summed E-state index contributed by atoms with van der Waals surface area (Å²) in [5.41, 5.74) is 2.18. The number of fused-ring (bicyclic) bond motifs is 1. The van der Waals surface area contributed by atoms with Gasteiger partial charge in [0.15, 0.2) is 0 Å². The number of carbonyl (C=O) groups is 2. The van der Waals surface area contributed by atoms with Crippen LogP contribution in [0.3, 0.4) is 0 Å². The van der Waals surface area contributed by atoms with Gasteiger partial charge in [0.25, 0.3) is 0 Å². The van der Waals surface area contributed by atoms with E-state index >= 15 is 0 Å². The number of benzene rings is 1. The van der Waals surface area contributed by atoms with Crippen molar-refractivity contribution < 1.29 is 9.59 Å². The molecule has 2 heterocycles. The minimum atomic E-state index is -0.298. The van der Waals surface area contributed by atoms with Crippen LogP contribution in [0.4, 0.5) is 0 Å². The number of para-hydroxylation sites is 1. The van der Waals surface area contributed by atoms with Crippen molar-refractivity contribution >= 4 is 33.4 Å². The molecule has 1 saturated heterocycles. The smallest absolute Gasteiger partial charge is 0.236 e. The van der Waals surface area contributed by atoms with E-state index in [1.165, 1.54) is 5.56 Å². The van der Waals surface area contributed by atoms with Gasteiger partial charge in [0, 0.05) is 6.42 Å². The van der Waals surface area contributed by atoms with Gasteiger partial charge in [-0.15, -0.1) is 11.3 Å². The van der Waals surface area contributed by atoms with Gasteiger partial charge in [-0.2, -0.15) is 0 Å². The topological polar surface area (TPSA) is 59.1 Å². The molecule has 2 aromatic rings. The zero-order valence-corrected chi connectivity index (χ0v) is 13.2. The average molecular weight is 302 g/mol. The van der Waals surface area contributed by atoms with Gasteiger partial charge in [-0.1, -0.05) is 32.9 Å². The molecule has 0 spiro atoms. The molecule has 4 nitrogen and oxygen atoms in total. The van der Waals surface area contributed by atoms with Gasteiger partial charge in [-0.05, 0) is 23.5 Å². The number of aromatic nitrogens is 1. The Kier molecular flexibility index (Phi) is 3.32. The highest BCUT2D eigenvalue weighted by Gasteiger charge is 2.31. The third-order valence-corrected chi connectivity index (χ3v) is 4.92. The van der Waals surface area contributed by atoms with E-state index < -0.39 is 0 Å². The Morgan fingerprint density at radius 1 is 1.29 bits per heavy atom. The second kappa shape index (κ2) is 4.91. The number of nitrogens with one attached hydrogen (secondary N) is 1. The third kappa shape index (κ3) is 2.58. The molecule has 2 amide bonds. The van der Waals surface area contributed by atoms with Gasteiger partial charge < -0.3 is 0 Å². The second-order valence-electron chi connectivity index (χ2n) is 6.46. The minimum Gasteiger partial charge on any atom is -0.296 e. The van der Waals surface area contributed by atoms with Crippen LogP contribution in [-0.4, -0.2) is 16.8 Å². The zero-order chi connectivity index (χ0) is 15.2. The van der Waals surface area contributed by atoms with Crippen LogP contribution in [0.15, 0.2) is 18.2 Å². The fraction of sp³-hybridized carbons (Fsp3) is 0.438. The molecule has 1 aromatic carbocycles. The third-order valence-electron chi connectivity index (χ3n) is 3.78. The van der Waals surface area contributed by atoms with Crippen LogP contribution in [0.2, 0.25) is 0 Å². The molecule has 5 heteroatoms. The summed E-state index contributed by atoms with van der Waals surface area (Å²) in [6, 6.07) is 6.17. The number of rotatable bonds is 1. The number of hydrogen-bond acceptors (Lipinski definition) is 4. The first kappa shape index (κ1) is 14.2. The number of nitrogens with zero attached hydrogens (tertiary/aromatic N) is 1. The molecule has 3 rings (SSSR count). The number of hydrogen-bond donors (Lipinski definition) is 1. The Hall–Kier alpha value is -1.75. The molecule has 1 aliphatic heterocycles. The molecule has 1 N–H and O–H groups in total. The summed E-state index contributed by atoms with van der Waals surface area (Å²) in [4.78, 5) is 28.0. The second-order valence-corrected chi connectivity index (χ2v) is 7.52. The van der Waals surface area contributed by atoms with Crippen LogP contribution in [0.5, 0.6) is 0 Å². The van der Waals surface area contributed by atoms with Crippen molar-refractivity contribution in [2.45, 2.75) is 44.9 Å². The van der Waals surface area contributed by atoms with Crippen LogP contribution < -0.4 is 5.32 Å². The van der Waals surface area contributed by atoms with Gasteiger partial charge in [-0.3, -0.25) is 14.9 Å². The highest BCUT2D eigenvalue weighted by atomic mass is 32.1. The van der Waals surface area contributed by atoms with E-state index in [1.54, 1.807) is 11.3 Å². The first-order valence-electron chi connectivity index (χ1n) is 7.10. The van der Waals surface area contributed by atoms with E-state index in [0.717, 1.165) is 15.2 Å². The van der Waals surface area contributed by atoms with Gasteiger partial charge >= 0.3 is 0 Å². The molecule has 1 aromatic heterocycles. The van der Waals surface area contributed by atoms with Gasteiger partial charge in [0.1, 0.15) is 5.01 Å². The molecule has 1 atom stereocenters. The molecule has 0 aliphatic carbocycles. The van der Waals surface area contributed by atoms with Crippen LogP contribution in [0.25, 0.3) is 10.2 Å². The molecule has 0 radical (unpaired) electrons. The fourth-order valence-corrected chi connectivity index (χ4v) is 3.78. The summed E-state index contributed by atoms with van der Waals surface area (Å²) < 4.78 is 1.10. The van der Waals surface area contributed by atoms with E-state index in [9.17, 15) is 9.59 Å². The maximum absolute atomic E-state index is 12.0. The van der Waals surface area contributed by atoms with Crippen molar-refractivity contribution in [1.82, 2.24) is 10.3 Å². The largest absolute Gasteiger partial charge is 0.296 e. The molecule has 0 saturated carbocycles. The molecule has 1 fully saturated rings. The summed E-state index contributed by atoms with van der Waals surface area (Å²) in [5.74, 6) is -0.705. The maximum Gasteiger partial charge on any atom is 0.236 e. The maximum atomic E-state index is 12.0. The zero-order valence-electron chi connectivity index (χ0n) is 12.4. The van der Waals surface area contributed by atoms with Gasteiger partial charge in [0.2, 0.25) is 11.8 Å². The van der Waals surface area contributed by atoms with Crippen LogP contribution in [0.1, 0.15) is 50.1 Å². The monoisotopic (exact) mass is 302 g/mol. The summed E-state index contributed by atoms with van der Waals surface area (Å²) in [6.45, 7) is 6.48. The van der Waals surface area contributed by atoms with E-state index in [4.69, 9.17) is 4.98 Å². The van der Waals surface area contributed by atoms with E-state index in [2.05, 4.69) is 32.2 Å². The number of piperidine rings is 1. The van der Waals surface area contributed by atoms with Crippen LogP contribution in [-0.2, 0) is 15.0 Å². The number of carbonyl (C=O) groups excluding carboxylic acids is 2. The molecule has 21 heavy (non-hydrogen) atoms. The number of thiazole rings is 1. The normalized spacial score (nSPS) is 19.9. The molecular weight excluding hydrogens is 284 g/mol. The first-order chi connectivity index (χ1) is 9.86. The predicted molar refractivity (Wildman–Crippen MR) is 83.4 cm³/mol. The first-order valence-corrected chi connectivity index (χ1v) is 7.91. The predicted octanol–water partition coefficient (Wildman–Crippen LogP) is 3.11. The molecule has 110 valence electrons. The molecule has 1 unspecified atom stereocenters. The highest BCUT2D eigenvalue weighted by Crippen LogP contribution is 2.36. The van der Waals surface area contributed by atoms with Crippen molar-refractivity contribution in [2.75, 3.05) is 0 Å². The Morgan fingerprint density at radius 2 is 2.05 bits per heavy atom. The summed E-state index contributed by atoms with van der Waals surface area (Å²) in [7, 11) is 0. The lowest BCUT2D eigenvalue weighted by atomic mass is 9.86. The standard InChI is InChI=1S/C16H18N2O2S/c1-16(2,3)10-5-4-6-11-13(10)18-15(21-11)9-7-8-12(19)17-14(9)20/h4-6,9H,7-8H2,1-3H3,(H,17,19,20). The lowest BCUT2D eigenvalue weighted by Crippen LogP contribution is -2.39. The minimum absolute atomic E-state index is 0.00957. The van der Waals surface area contributed by atoms with E-state index in [0.29, 0.717) is 12.8 Å². The Morgan fingerprint density at radius 3 is 2.71 bits per heavy atom. The fourth-order valence-electron chi connectivity index (χ4n) is 2.65. The van der Waals surface area contributed by atoms with Gasteiger partial charge in [-0.25, -0.2) is 4.98 Å². The summed E-state index contributed by atoms with van der Waals surface area (Å²) >= 11 is 1.56. The van der Waals surface area contributed by atoms with Crippen molar-refractivity contribution in [3.05, 3.63) is 28.8 Å². The van der Waals surface area contributed by atoms with Crippen LogP contribution >= 0.6 is 11.3 Å². The molecule has 1 aliphatic rings. The highest BCUT2D eigenvalue weighted by molar-refractivity contribution is 7.18. The Balaban J connectivity index is 2.06. The Bertz CT molecular complexity index is 727. The van der Waals surface area contributed by atoms with Crippen LogP contribution in [0, 0.1) is 0 Å².